The van der Waals surface area contributed by atoms with Crippen LogP contribution in [0.3, 0.4) is 0 Å². The molecule has 10 heteroatoms. The van der Waals surface area contributed by atoms with Gasteiger partial charge in [-0.3, -0.25) is 4.79 Å². The van der Waals surface area contributed by atoms with E-state index < -0.39 is 12.1 Å². The maximum Gasteiger partial charge on any atom is 0.407 e. The highest BCUT2D eigenvalue weighted by Gasteiger charge is 2.40. The van der Waals surface area contributed by atoms with E-state index in [4.69, 9.17) is 27.9 Å². The molecule has 1 aromatic heterocycles. The fraction of sp³-hybridized carbons (Fsp3) is 0.562. The van der Waals surface area contributed by atoms with Gasteiger partial charge in [-0.2, -0.15) is 0 Å². The standard InChI is InChI=1S/C16H20Cl2N4O4/c1-16(2,3)20-13-9-11(10(17)12(18)19-13)26-7-8-6-21(15(24)25)4-5-22(8)14(9)23/h8H,4-7H2,1-3H3,(H,19,20)(H,24,25). The lowest BCUT2D eigenvalue weighted by atomic mass is 10.1. The molecule has 3 heterocycles. The van der Waals surface area contributed by atoms with Crippen molar-refractivity contribution in [3.8, 4) is 5.75 Å². The zero-order valence-electron chi connectivity index (χ0n) is 14.7. The van der Waals surface area contributed by atoms with Crippen LogP contribution < -0.4 is 10.1 Å². The smallest absolute Gasteiger partial charge is 0.407 e. The molecule has 1 aromatic rings. The number of fused-ring (bicyclic) bond motifs is 2. The number of nitrogens with one attached hydrogen (secondary N) is 1. The van der Waals surface area contributed by atoms with Crippen molar-refractivity contribution < 1.29 is 19.4 Å². The lowest BCUT2D eigenvalue weighted by Gasteiger charge is -2.38. The van der Waals surface area contributed by atoms with Gasteiger partial charge in [0.25, 0.3) is 5.91 Å². The van der Waals surface area contributed by atoms with Crippen LogP contribution in [0, 0.1) is 0 Å². The number of rotatable bonds is 1. The van der Waals surface area contributed by atoms with Gasteiger partial charge in [0.2, 0.25) is 0 Å². The summed E-state index contributed by atoms with van der Waals surface area (Å²) in [7, 11) is 0. The van der Waals surface area contributed by atoms with Crippen molar-refractivity contribution in [2.75, 3.05) is 31.6 Å². The predicted octanol–water partition coefficient (Wildman–Crippen LogP) is 2.80. The number of halogens is 2. The highest BCUT2D eigenvalue weighted by Crippen LogP contribution is 2.41. The number of anilines is 1. The third-order valence-electron chi connectivity index (χ3n) is 4.20. The van der Waals surface area contributed by atoms with Crippen LogP contribution >= 0.6 is 23.2 Å². The molecule has 0 saturated carbocycles. The van der Waals surface area contributed by atoms with Gasteiger partial charge in [-0.1, -0.05) is 23.2 Å². The van der Waals surface area contributed by atoms with Crippen LogP contribution in [0.2, 0.25) is 10.2 Å². The lowest BCUT2D eigenvalue weighted by molar-refractivity contribution is 0.0390. The summed E-state index contributed by atoms with van der Waals surface area (Å²) >= 11 is 12.4. The zero-order chi connectivity index (χ0) is 19.2. The molecule has 2 N–H and O–H groups in total. The Morgan fingerprint density at radius 2 is 2.04 bits per heavy atom. The van der Waals surface area contributed by atoms with Gasteiger partial charge in [0.05, 0.1) is 6.04 Å². The number of piperazine rings is 1. The minimum Gasteiger partial charge on any atom is -0.489 e. The number of ether oxygens (including phenoxy) is 1. The number of carbonyl (C=O) groups excluding carboxylic acids is 1. The zero-order valence-corrected chi connectivity index (χ0v) is 16.2. The van der Waals surface area contributed by atoms with Crippen molar-refractivity contribution in [1.29, 1.82) is 0 Å². The molecule has 3 rings (SSSR count). The van der Waals surface area contributed by atoms with Crippen molar-refractivity contribution in [2.45, 2.75) is 32.4 Å². The minimum absolute atomic E-state index is 0.0389. The maximum absolute atomic E-state index is 13.2. The highest BCUT2D eigenvalue weighted by molar-refractivity contribution is 6.42. The van der Waals surface area contributed by atoms with Crippen molar-refractivity contribution in [1.82, 2.24) is 14.8 Å². The molecule has 2 aliphatic heterocycles. The molecule has 2 aliphatic rings. The first kappa shape index (κ1) is 18.8. The summed E-state index contributed by atoms with van der Waals surface area (Å²) in [4.78, 5) is 31.6. The van der Waals surface area contributed by atoms with E-state index in [-0.39, 0.29) is 59.2 Å². The van der Waals surface area contributed by atoms with E-state index in [1.807, 2.05) is 20.8 Å². The number of amides is 2. The van der Waals surface area contributed by atoms with Gasteiger partial charge < -0.3 is 25.0 Å². The number of carboxylic acid groups (broad SMARTS) is 1. The summed E-state index contributed by atoms with van der Waals surface area (Å²) in [5.41, 5.74) is -0.146. The van der Waals surface area contributed by atoms with Gasteiger partial charge in [-0.25, -0.2) is 9.78 Å². The third kappa shape index (κ3) is 3.48. The Kier molecular flexibility index (Phi) is 4.83. The van der Waals surface area contributed by atoms with Crippen LogP contribution in [0.5, 0.6) is 5.75 Å². The minimum atomic E-state index is -1.02. The van der Waals surface area contributed by atoms with E-state index in [2.05, 4.69) is 10.3 Å². The molecule has 0 aliphatic carbocycles. The normalized spacial score (nSPS) is 20.0. The number of pyridine rings is 1. The van der Waals surface area contributed by atoms with Gasteiger partial charge in [0, 0.05) is 25.2 Å². The summed E-state index contributed by atoms with van der Waals surface area (Å²) in [5.74, 6) is 0.179. The number of hydrogen-bond acceptors (Lipinski definition) is 5. The number of nitrogens with zero attached hydrogens (tertiary/aromatic N) is 3. The van der Waals surface area contributed by atoms with Crippen LogP contribution in [0.4, 0.5) is 10.6 Å². The molecule has 1 fully saturated rings. The van der Waals surface area contributed by atoms with Crippen LogP contribution in [0.15, 0.2) is 0 Å². The Balaban J connectivity index is 2.04. The molecule has 0 spiro atoms. The van der Waals surface area contributed by atoms with Crippen molar-refractivity contribution in [2.24, 2.45) is 0 Å². The van der Waals surface area contributed by atoms with Crippen LogP contribution in [-0.4, -0.2) is 69.7 Å². The molecule has 1 saturated heterocycles. The average Bonchev–Trinajstić information content (AvgIpc) is 2.68. The second-order valence-electron chi connectivity index (χ2n) is 7.34. The molecule has 2 amide bonds. The highest BCUT2D eigenvalue weighted by atomic mass is 35.5. The van der Waals surface area contributed by atoms with Crippen molar-refractivity contribution >= 4 is 41.0 Å². The summed E-state index contributed by atoms with van der Waals surface area (Å²) in [6.07, 6.45) is -1.02. The Morgan fingerprint density at radius 3 is 2.65 bits per heavy atom. The first-order chi connectivity index (χ1) is 12.1. The third-order valence-corrected chi connectivity index (χ3v) is 4.92. The number of carbonyl (C=O) groups is 2. The van der Waals surface area contributed by atoms with Gasteiger partial charge in [0.15, 0.2) is 10.9 Å². The number of hydrogen-bond donors (Lipinski definition) is 2. The lowest BCUT2D eigenvalue weighted by Crippen LogP contribution is -2.57. The molecule has 1 atom stereocenters. The summed E-state index contributed by atoms with van der Waals surface area (Å²) in [5, 5.41) is 12.5. The quantitative estimate of drug-likeness (QED) is 0.701. The Hall–Kier alpha value is -1.93. The largest absolute Gasteiger partial charge is 0.489 e. The van der Waals surface area contributed by atoms with E-state index in [0.29, 0.717) is 5.82 Å². The van der Waals surface area contributed by atoms with Crippen molar-refractivity contribution in [3.63, 3.8) is 0 Å². The van der Waals surface area contributed by atoms with E-state index in [9.17, 15) is 14.7 Å². The van der Waals surface area contributed by atoms with Crippen molar-refractivity contribution in [3.05, 3.63) is 15.7 Å². The molecule has 1 unspecified atom stereocenters. The Bertz CT molecular complexity index is 766. The fourth-order valence-electron chi connectivity index (χ4n) is 3.06. The van der Waals surface area contributed by atoms with E-state index in [1.165, 1.54) is 4.90 Å². The molecule has 142 valence electrons. The van der Waals surface area contributed by atoms with Gasteiger partial charge in [-0.15, -0.1) is 0 Å². The second-order valence-corrected chi connectivity index (χ2v) is 8.07. The monoisotopic (exact) mass is 402 g/mol. The SMILES string of the molecule is CC(C)(C)Nc1nc(Cl)c(Cl)c2c1C(=O)N1CCN(C(=O)O)CC1CO2. The first-order valence-electron chi connectivity index (χ1n) is 8.17. The first-order valence-corrected chi connectivity index (χ1v) is 8.93. The van der Waals surface area contributed by atoms with Gasteiger partial charge >= 0.3 is 6.09 Å². The molecule has 0 bridgehead atoms. The van der Waals surface area contributed by atoms with Crippen LogP contribution in [0.1, 0.15) is 31.1 Å². The van der Waals surface area contributed by atoms with E-state index >= 15 is 0 Å². The van der Waals surface area contributed by atoms with Crippen LogP contribution in [-0.2, 0) is 0 Å². The molecule has 26 heavy (non-hydrogen) atoms. The molecular weight excluding hydrogens is 383 g/mol. The average molecular weight is 403 g/mol. The van der Waals surface area contributed by atoms with Crippen LogP contribution in [0.25, 0.3) is 0 Å². The number of aromatic nitrogens is 1. The summed E-state index contributed by atoms with van der Waals surface area (Å²) in [6, 6.07) is -0.405. The molecule has 0 aromatic carbocycles. The molecule has 8 nitrogen and oxygen atoms in total. The fourth-order valence-corrected chi connectivity index (χ4v) is 3.42. The topological polar surface area (TPSA) is 95.0 Å². The Morgan fingerprint density at radius 1 is 1.35 bits per heavy atom. The molecule has 0 radical (unpaired) electrons. The summed E-state index contributed by atoms with van der Waals surface area (Å²) in [6.45, 7) is 6.60. The van der Waals surface area contributed by atoms with Gasteiger partial charge in [-0.05, 0) is 20.8 Å². The summed E-state index contributed by atoms with van der Waals surface area (Å²) < 4.78 is 5.80. The Labute approximate surface area is 161 Å². The van der Waals surface area contributed by atoms with E-state index in [1.54, 1.807) is 4.90 Å². The maximum atomic E-state index is 13.2. The van der Waals surface area contributed by atoms with Gasteiger partial charge in [0.1, 0.15) is 23.0 Å². The second kappa shape index (κ2) is 6.66. The molecular formula is C16H20Cl2N4O4. The predicted molar refractivity (Wildman–Crippen MR) is 97.6 cm³/mol. The van der Waals surface area contributed by atoms with E-state index in [0.717, 1.165) is 0 Å².